The number of hydrogen-bond acceptors (Lipinski definition) is 4. The van der Waals surface area contributed by atoms with Crippen LogP contribution in [0.4, 0.5) is 4.79 Å². The van der Waals surface area contributed by atoms with E-state index in [1.807, 2.05) is 0 Å². The second kappa shape index (κ2) is 4.12. The van der Waals surface area contributed by atoms with Gasteiger partial charge in [0.2, 0.25) is 5.88 Å². The van der Waals surface area contributed by atoms with Crippen molar-refractivity contribution in [3.05, 3.63) is 17.8 Å². The maximum atomic E-state index is 11.1. The normalized spacial score (nSPS) is 23.5. The number of carbonyl (C=O) groups is 1. The van der Waals surface area contributed by atoms with Gasteiger partial charge in [-0.15, -0.1) is 0 Å². The van der Waals surface area contributed by atoms with Crippen LogP contribution in [0.15, 0.2) is 12.1 Å². The van der Waals surface area contributed by atoms with Crippen molar-refractivity contribution in [3.8, 4) is 11.6 Å². The van der Waals surface area contributed by atoms with Gasteiger partial charge in [-0.25, -0.2) is 9.78 Å². The lowest BCUT2D eigenvalue weighted by Crippen LogP contribution is -2.37. The van der Waals surface area contributed by atoms with Crippen LogP contribution >= 0.6 is 0 Å². The Morgan fingerprint density at radius 3 is 2.88 bits per heavy atom. The molecule has 0 unspecified atom stereocenters. The molecule has 1 amide bonds. The predicted octanol–water partition coefficient (Wildman–Crippen LogP) is 1.61. The first kappa shape index (κ1) is 11.5. The zero-order chi connectivity index (χ0) is 12.6. The number of ether oxygens (including phenoxy) is 1. The van der Waals surface area contributed by atoms with Crippen LogP contribution in [0, 0.1) is 0 Å². The first-order valence-corrected chi connectivity index (χ1v) is 5.35. The summed E-state index contributed by atoms with van der Waals surface area (Å²) in [7, 11) is 0. The number of amides is 1. The van der Waals surface area contributed by atoms with E-state index in [0.717, 1.165) is 0 Å². The zero-order valence-electron chi connectivity index (χ0n) is 9.62. The summed E-state index contributed by atoms with van der Waals surface area (Å²) in [5.74, 6) is 0.380. The number of rotatable bonds is 0. The summed E-state index contributed by atoms with van der Waals surface area (Å²) in [6, 6.07) is 2.59. The Bertz CT molecular complexity index is 449. The van der Waals surface area contributed by atoms with Gasteiger partial charge in [0.05, 0.1) is 12.6 Å². The van der Waals surface area contributed by atoms with E-state index in [1.165, 1.54) is 11.0 Å². The summed E-state index contributed by atoms with van der Waals surface area (Å²) >= 11 is 0. The van der Waals surface area contributed by atoms with E-state index in [-0.39, 0.29) is 18.5 Å². The lowest BCUT2D eigenvalue weighted by atomic mass is 10.2. The Balaban J connectivity index is 2.47. The van der Waals surface area contributed by atoms with Gasteiger partial charge in [-0.05, 0) is 19.9 Å². The number of carboxylic acid groups (broad SMARTS) is 1. The van der Waals surface area contributed by atoms with Gasteiger partial charge in [-0.2, -0.15) is 0 Å². The SMILES string of the molecule is C[C@@H]1CN(C(=O)O)[C@@H](C)c2nc(O)ccc2O1. The average molecular weight is 238 g/mol. The van der Waals surface area contributed by atoms with Crippen molar-refractivity contribution in [2.45, 2.75) is 26.0 Å². The minimum absolute atomic E-state index is 0.140. The topological polar surface area (TPSA) is 82.9 Å². The van der Waals surface area contributed by atoms with Crippen molar-refractivity contribution in [1.82, 2.24) is 9.88 Å². The van der Waals surface area contributed by atoms with Gasteiger partial charge in [-0.1, -0.05) is 0 Å². The van der Waals surface area contributed by atoms with E-state index in [9.17, 15) is 9.90 Å². The summed E-state index contributed by atoms with van der Waals surface area (Å²) in [5, 5.41) is 18.5. The van der Waals surface area contributed by atoms with Gasteiger partial charge in [0.1, 0.15) is 17.5 Å². The fourth-order valence-corrected chi connectivity index (χ4v) is 1.93. The van der Waals surface area contributed by atoms with Crippen molar-refractivity contribution in [3.63, 3.8) is 0 Å². The van der Waals surface area contributed by atoms with Crippen LogP contribution in [0.5, 0.6) is 11.6 Å². The third-order valence-electron chi connectivity index (χ3n) is 2.76. The number of aromatic hydroxyl groups is 1. The predicted molar refractivity (Wildman–Crippen MR) is 59.1 cm³/mol. The molecule has 0 saturated carbocycles. The fourth-order valence-electron chi connectivity index (χ4n) is 1.93. The molecule has 2 N–H and O–H groups in total. The van der Waals surface area contributed by atoms with Crippen LogP contribution in [-0.2, 0) is 0 Å². The van der Waals surface area contributed by atoms with Gasteiger partial charge in [0.25, 0.3) is 0 Å². The number of hydrogen-bond donors (Lipinski definition) is 2. The molecule has 0 saturated heterocycles. The van der Waals surface area contributed by atoms with Crippen LogP contribution in [0.2, 0.25) is 0 Å². The van der Waals surface area contributed by atoms with Crippen LogP contribution in [0.25, 0.3) is 0 Å². The minimum Gasteiger partial charge on any atom is -0.493 e. The molecule has 92 valence electrons. The Hall–Kier alpha value is -1.98. The molecule has 2 heterocycles. The van der Waals surface area contributed by atoms with E-state index < -0.39 is 12.1 Å². The molecule has 6 nitrogen and oxygen atoms in total. The molecule has 6 heteroatoms. The van der Waals surface area contributed by atoms with E-state index in [1.54, 1.807) is 19.9 Å². The largest absolute Gasteiger partial charge is 0.493 e. The van der Waals surface area contributed by atoms with Crippen LogP contribution in [0.3, 0.4) is 0 Å². The highest BCUT2D eigenvalue weighted by Crippen LogP contribution is 2.32. The molecule has 2 atom stereocenters. The minimum atomic E-state index is -1.02. The Morgan fingerprint density at radius 1 is 1.53 bits per heavy atom. The van der Waals surface area contributed by atoms with Crippen molar-refractivity contribution in [1.29, 1.82) is 0 Å². The second-order valence-corrected chi connectivity index (χ2v) is 4.09. The zero-order valence-corrected chi connectivity index (χ0v) is 9.62. The number of fused-ring (bicyclic) bond motifs is 1. The molecule has 1 aromatic heterocycles. The third-order valence-corrected chi connectivity index (χ3v) is 2.76. The molecule has 0 radical (unpaired) electrons. The molecule has 0 fully saturated rings. The number of pyridine rings is 1. The first-order valence-electron chi connectivity index (χ1n) is 5.35. The summed E-state index contributed by atoms with van der Waals surface area (Å²) in [6.45, 7) is 3.79. The summed E-state index contributed by atoms with van der Waals surface area (Å²) in [5.41, 5.74) is 0.441. The van der Waals surface area contributed by atoms with Gasteiger partial charge in [-0.3, -0.25) is 4.90 Å². The van der Waals surface area contributed by atoms with Crippen molar-refractivity contribution in [2.24, 2.45) is 0 Å². The summed E-state index contributed by atoms with van der Waals surface area (Å²) in [6.07, 6.45) is -1.27. The van der Waals surface area contributed by atoms with Crippen LogP contribution < -0.4 is 4.74 Å². The van der Waals surface area contributed by atoms with Crippen LogP contribution in [-0.4, -0.2) is 38.8 Å². The molecular weight excluding hydrogens is 224 g/mol. The Morgan fingerprint density at radius 2 is 2.24 bits per heavy atom. The lowest BCUT2D eigenvalue weighted by molar-refractivity contribution is 0.108. The highest BCUT2D eigenvalue weighted by molar-refractivity contribution is 5.66. The van der Waals surface area contributed by atoms with Gasteiger partial charge >= 0.3 is 6.09 Å². The monoisotopic (exact) mass is 238 g/mol. The van der Waals surface area contributed by atoms with Crippen LogP contribution in [0.1, 0.15) is 25.6 Å². The maximum Gasteiger partial charge on any atom is 0.407 e. The molecule has 2 rings (SSSR count). The fraction of sp³-hybridized carbons (Fsp3) is 0.455. The van der Waals surface area contributed by atoms with E-state index in [4.69, 9.17) is 9.84 Å². The molecule has 1 aliphatic heterocycles. The Labute approximate surface area is 98.5 Å². The maximum absolute atomic E-state index is 11.1. The molecule has 0 spiro atoms. The number of aromatic nitrogens is 1. The van der Waals surface area contributed by atoms with Gasteiger partial charge in [0.15, 0.2) is 0 Å². The molecule has 1 aromatic rings. The molecule has 1 aliphatic rings. The van der Waals surface area contributed by atoms with Crippen molar-refractivity contribution in [2.75, 3.05) is 6.54 Å². The second-order valence-electron chi connectivity index (χ2n) is 4.09. The first-order chi connectivity index (χ1) is 7.99. The van der Waals surface area contributed by atoms with Gasteiger partial charge < -0.3 is 14.9 Å². The van der Waals surface area contributed by atoms with E-state index in [2.05, 4.69) is 4.98 Å². The van der Waals surface area contributed by atoms with E-state index >= 15 is 0 Å². The van der Waals surface area contributed by atoms with E-state index in [0.29, 0.717) is 11.4 Å². The lowest BCUT2D eigenvalue weighted by Gasteiger charge is -2.24. The standard InChI is InChI=1S/C11H14N2O4/c1-6-5-13(11(15)16)7(2)10-8(17-6)3-4-9(14)12-10/h3-4,6-7H,5H2,1-2H3,(H,12,14)(H,15,16)/t6-,7+/m1/s1. The van der Waals surface area contributed by atoms with Gasteiger partial charge in [0, 0.05) is 6.07 Å². The third kappa shape index (κ3) is 2.11. The average Bonchev–Trinajstić information content (AvgIpc) is 2.38. The molecule has 17 heavy (non-hydrogen) atoms. The molecule has 0 aromatic carbocycles. The number of nitrogens with zero attached hydrogens (tertiary/aromatic N) is 2. The molecule has 0 bridgehead atoms. The summed E-state index contributed by atoms with van der Waals surface area (Å²) < 4.78 is 5.58. The highest BCUT2D eigenvalue weighted by Gasteiger charge is 2.30. The molecular formula is C11H14N2O4. The van der Waals surface area contributed by atoms with Crippen molar-refractivity contribution >= 4 is 6.09 Å². The Kier molecular flexibility index (Phi) is 2.79. The highest BCUT2D eigenvalue weighted by atomic mass is 16.5. The molecule has 0 aliphatic carbocycles. The smallest absolute Gasteiger partial charge is 0.407 e. The summed E-state index contributed by atoms with van der Waals surface area (Å²) in [4.78, 5) is 16.3. The van der Waals surface area contributed by atoms with Crippen molar-refractivity contribution < 1.29 is 19.7 Å². The quantitative estimate of drug-likeness (QED) is 0.717.